The number of rotatable bonds is 8. The van der Waals surface area contributed by atoms with Gasteiger partial charge in [-0.1, -0.05) is 45.8 Å². The monoisotopic (exact) mass is 352 g/mol. The van der Waals surface area contributed by atoms with Crippen LogP contribution in [0.3, 0.4) is 0 Å². The van der Waals surface area contributed by atoms with Gasteiger partial charge in [-0.25, -0.2) is 0 Å². The minimum Gasteiger partial charge on any atom is -0.389 e. The van der Waals surface area contributed by atoms with Gasteiger partial charge in [0.1, 0.15) is 5.92 Å². The van der Waals surface area contributed by atoms with Gasteiger partial charge >= 0.3 is 0 Å². The molecule has 0 heterocycles. The van der Waals surface area contributed by atoms with E-state index in [-0.39, 0.29) is 18.8 Å². The molecule has 0 aromatic rings. The molecule has 142 valence electrons. The fourth-order valence-electron chi connectivity index (χ4n) is 3.34. The van der Waals surface area contributed by atoms with Gasteiger partial charge in [0.2, 0.25) is 0 Å². The number of aliphatic hydroxyl groups excluding tert-OH is 1. The molecule has 1 fully saturated rings. The molecule has 1 rings (SSSR count). The molecule has 0 amide bonds. The Morgan fingerprint density at radius 1 is 1.20 bits per heavy atom. The van der Waals surface area contributed by atoms with Crippen LogP contribution in [0.2, 0.25) is 0 Å². The van der Waals surface area contributed by atoms with Crippen LogP contribution in [0.25, 0.3) is 0 Å². The first-order valence-electron chi connectivity index (χ1n) is 9.10. The van der Waals surface area contributed by atoms with Crippen LogP contribution in [0.5, 0.6) is 0 Å². The molecular weight excluding hydrogens is 320 g/mol. The number of hydrogen-bond donors (Lipinski definition) is 2. The van der Waals surface area contributed by atoms with Gasteiger partial charge < -0.3 is 10.2 Å². The first-order valence-corrected chi connectivity index (χ1v) is 9.10. The molecule has 0 bridgehead atoms. The van der Waals surface area contributed by atoms with Crippen molar-refractivity contribution in [2.75, 3.05) is 0 Å². The van der Waals surface area contributed by atoms with E-state index in [9.17, 15) is 24.6 Å². The average molecular weight is 352 g/mol. The zero-order valence-corrected chi connectivity index (χ0v) is 16.2. The van der Waals surface area contributed by atoms with Crippen molar-refractivity contribution in [1.29, 1.82) is 0 Å². The Balaban J connectivity index is 3.27. The fraction of sp³-hybridized carbons (Fsp3) is 0.750. The van der Waals surface area contributed by atoms with Gasteiger partial charge in [0.15, 0.2) is 23.0 Å². The lowest BCUT2D eigenvalue weighted by molar-refractivity contribution is -0.156. The Kier molecular flexibility index (Phi) is 7.27. The Bertz CT molecular complexity index is 556. The van der Waals surface area contributed by atoms with Gasteiger partial charge in [-0.3, -0.25) is 14.4 Å². The van der Waals surface area contributed by atoms with Crippen molar-refractivity contribution >= 4 is 17.3 Å². The maximum atomic E-state index is 12.9. The summed E-state index contributed by atoms with van der Waals surface area (Å²) in [7, 11) is 0. The molecule has 2 N–H and O–H groups in total. The number of aliphatic hydroxyl groups is 2. The van der Waals surface area contributed by atoms with Crippen LogP contribution in [0.1, 0.15) is 60.8 Å². The van der Waals surface area contributed by atoms with Gasteiger partial charge in [-0.15, -0.1) is 0 Å². The lowest BCUT2D eigenvalue weighted by atomic mass is 9.79. The standard InChI is InChI=1S/C20H32O5/c1-11(2)7-9-14-18(23)16(17(22)13(5)6)19(24)20(14,25)15(21)10-8-12(3)4/h8,11,13-16,21,25H,7,9-10H2,1-6H3/t14-,15?,16?,20?/m1/s1. The van der Waals surface area contributed by atoms with Crippen LogP contribution in [0.4, 0.5) is 0 Å². The number of carbonyl (C=O) groups is 3. The second-order valence-corrected chi connectivity index (χ2v) is 8.14. The zero-order chi connectivity index (χ0) is 19.5. The molecular formula is C20H32O5. The molecule has 5 nitrogen and oxygen atoms in total. The molecule has 0 saturated heterocycles. The highest BCUT2D eigenvalue weighted by atomic mass is 16.4. The molecule has 1 aliphatic rings. The summed E-state index contributed by atoms with van der Waals surface area (Å²) in [6.45, 7) is 10.9. The van der Waals surface area contributed by atoms with E-state index in [1.165, 1.54) is 0 Å². The minimum absolute atomic E-state index is 0.0681. The van der Waals surface area contributed by atoms with E-state index in [0.29, 0.717) is 6.42 Å². The van der Waals surface area contributed by atoms with Crippen LogP contribution in [-0.4, -0.2) is 39.3 Å². The number of carbonyl (C=O) groups excluding carboxylic acids is 3. The molecule has 1 aliphatic carbocycles. The third-order valence-electron chi connectivity index (χ3n) is 4.96. The predicted molar refractivity (Wildman–Crippen MR) is 95.9 cm³/mol. The fourth-order valence-corrected chi connectivity index (χ4v) is 3.34. The summed E-state index contributed by atoms with van der Waals surface area (Å²) in [6.07, 6.45) is 1.30. The summed E-state index contributed by atoms with van der Waals surface area (Å²) in [5.41, 5.74) is -1.25. The highest BCUT2D eigenvalue weighted by molar-refractivity contribution is 6.27. The molecule has 0 aliphatic heterocycles. The van der Waals surface area contributed by atoms with Crippen LogP contribution >= 0.6 is 0 Å². The van der Waals surface area contributed by atoms with Crippen molar-refractivity contribution in [2.45, 2.75) is 72.5 Å². The molecule has 3 unspecified atom stereocenters. The van der Waals surface area contributed by atoms with Crippen molar-refractivity contribution in [2.24, 2.45) is 23.7 Å². The van der Waals surface area contributed by atoms with Crippen LogP contribution in [0, 0.1) is 23.7 Å². The average Bonchev–Trinajstić information content (AvgIpc) is 2.69. The van der Waals surface area contributed by atoms with Gasteiger partial charge in [-0.2, -0.15) is 0 Å². The second kappa shape index (κ2) is 8.37. The summed E-state index contributed by atoms with van der Waals surface area (Å²) in [6, 6.07) is 0. The van der Waals surface area contributed by atoms with Crippen molar-refractivity contribution in [3.8, 4) is 0 Å². The first kappa shape index (κ1) is 21.7. The molecule has 0 spiro atoms. The van der Waals surface area contributed by atoms with Gasteiger partial charge in [-0.05, 0) is 32.6 Å². The maximum absolute atomic E-state index is 12.9. The van der Waals surface area contributed by atoms with Crippen LogP contribution in [-0.2, 0) is 14.4 Å². The SMILES string of the molecule is CC(C)=CCC(O)C1(O)C(=O)C(C(=O)C(C)C)C(=O)[C@H]1CCC(C)C. The van der Waals surface area contributed by atoms with Gasteiger partial charge in [0.25, 0.3) is 0 Å². The molecule has 0 aromatic carbocycles. The summed E-state index contributed by atoms with van der Waals surface area (Å²) in [5.74, 6) is -4.54. The molecule has 0 radical (unpaired) electrons. The zero-order valence-electron chi connectivity index (χ0n) is 16.2. The van der Waals surface area contributed by atoms with Crippen LogP contribution in [0.15, 0.2) is 11.6 Å². The molecule has 5 heteroatoms. The van der Waals surface area contributed by atoms with E-state index in [1.807, 2.05) is 27.7 Å². The maximum Gasteiger partial charge on any atom is 0.185 e. The Hall–Kier alpha value is -1.33. The highest BCUT2D eigenvalue weighted by Gasteiger charge is 2.64. The Labute approximate surface area is 150 Å². The van der Waals surface area contributed by atoms with E-state index < -0.39 is 46.8 Å². The summed E-state index contributed by atoms with van der Waals surface area (Å²) >= 11 is 0. The molecule has 25 heavy (non-hydrogen) atoms. The number of allylic oxidation sites excluding steroid dienone is 1. The van der Waals surface area contributed by atoms with E-state index in [2.05, 4.69) is 0 Å². The number of ketones is 3. The van der Waals surface area contributed by atoms with E-state index in [0.717, 1.165) is 5.57 Å². The lowest BCUT2D eigenvalue weighted by Crippen LogP contribution is -2.52. The third-order valence-corrected chi connectivity index (χ3v) is 4.96. The summed E-state index contributed by atoms with van der Waals surface area (Å²) < 4.78 is 0. The number of hydrogen-bond acceptors (Lipinski definition) is 5. The third kappa shape index (κ3) is 4.45. The minimum atomic E-state index is -2.19. The van der Waals surface area contributed by atoms with E-state index >= 15 is 0 Å². The highest BCUT2D eigenvalue weighted by Crippen LogP contribution is 2.42. The molecule has 0 aromatic heterocycles. The Morgan fingerprint density at radius 3 is 2.20 bits per heavy atom. The van der Waals surface area contributed by atoms with E-state index in [4.69, 9.17) is 0 Å². The van der Waals surface area contributed by atoms with Gasteiger partial charge in [0, 0.05) is 5.92 Å². The van der Waals surface area contributed by atoms with Crippen molar-refractivity contribution in [1.82, 2.24) is 0 Å². The lowest BCUT2D eigenvalue weighted by Gasteiger charge is -2.32. The summed E-state index contributed by atoms with van der Waals surface area (Å²) in [5, 5.41) is 21.6. The summed E-state index contributed by atoms with van der Waals surface area (Å²) in [4.78, 5) is 38.0. The van der Waals surface area contributed by atoms with Crippen molar-refractivity contribution in [3.63, 3.8) is 0 Å². The topological polar surface area (TPSA) is 91.7 Å². The first-order chi connectivity index (χ1) is 11.4. The quantitative estimate of drug-likeness (QED) is 0.517. The predicted octanol–water partition coefficient (Wildman–Crippen LogP) is 2.48. The largest absolute Gasteiger partial charge is 0.389 e. The number of Topliss-reactive ketones (excluding diaryl/α,β-unsaturated/α-hetero) is 3. The second-order valence-electron chi connectivity index (χ2n) is 8.14. The molecule has 1 saturated carbocycles. The normalized spacial score (nSPS) is 27.9. The molecule has 4 atom stereocenters. The Morgan fingerprint density at radius 2 is 1.76 bits per heavy atom. The van der Waals surface area contributed by atoms with E-state index in [1.54, 1.807) is 19.9 Å². The van der Waals surface area contributed by atoms with Crippen LogP contribution < -0.4 is 0 Å². The smallest absolute Gasteiger partial charge is 0.185 e. The van der Waals surface area contributed by atoms with Crippen molar-refractivity contribution < 1.29 is 24.6 Å². The van der Waals surface area contributed by atoms with Gasteiger partial charge in [0.05, 0.1) is 12.0 Å². The van der Waals surface area contributed by atoms with Crippen molar-refractivity contribution in [3.05, 3.63) is 11.6 Å².